The first-order valence-corrected chi connectivity index (χ1v) is 6.80. The van der Waals surface area contributed by atoms with Crippen LogP contribution >= 0.6 is 0 Å². The first-order valence-electron chi connectivity index (χ1n) is 6.80. The number of hydrogen-bond acceptors (Lipinski definition) is 5. The summed E-state index contributed by atoms with van der Waals surface area (Å²) in [7, 11) is 4.76. The first kappa shape index (κ1) is 15.0. The summed E-state index contributed by atoms with van der Waals surface area (Å²) in [6.45, 7) is 4.00. The number of nitrogens with zero attached hydrogens (tertiary/aromatic N) is 5. The van der Waals surface area contributed by atoms with Crippen molar-refractivity contribution in [3.63, 3.8) is 0 Å². The standard InChI is InChI=1S/C13H20N6O2/c1-6-7-8(2)15-16-12-14-10-9(17(12)3)11(20)19(5)13(21)18(10)4/h6-7H2,1-5H3,(H,14,16)/b15-8-. The van der Waals surface area contributed by atoms with E-state index in [4.69, 9.17) is 0 Å². The normalized spacial score (nSPS) is 12.1. The van der Waals surface area contributed by atoms with Crippen LogP contribution in [0.2, 0.25) is 0 Å². The van der Waals surface area contributed by atoms with Gasteiger partial charge in [0.05, 0.1) is 0 Å². The SMILES string of the molecule is CCC/C(C)=N\Nc1nc2c(c(=O)n(C)c(=O)n2C)n1C. The van der Waals surface area contributed by atoms with Crippen LogP contribution in [-0.4, -0.2) is 24.4 Å². The molecule has 0 fully saturated rings. The molecule has 0 spiro atoms. The van der Waals surface area contributed by atoms with E-state index >= 15 is 0 Å². The van der Waals surface area contributed by atoms with Gasteiger partial charge in [0.2, 0.25) is 5.95 Å². The Bertz CT molecular complexity index is 824. The molecule has 0 radical (unpaired) electrons. The van der Waals surface area contributed by atoms with Crippen LogP contribution in [0.4, 0.5) is 5.95 Å². The first-order chi connectivity index (χ1) is 9.88. The maximum absolute atomic E-state index is 12.2. The Kier molecular flexibility index (Phi) is 3.97. The molecule has 0 amide bonds. The number of rotatable bonds is 4. The van der Waals surface area contributed by atoms with Crippen molar-refractivity contribution in [2.75, 3.05) is 5.43 Å². The minimum atomic E-state index is -0.400. The van der Waals surface area contributed by atoms with E-state index < -0.39 is 5.69 Å². The quantitative estimate of drug-likeness (QED) is 0.659. The lowest BCUT2D eigenvalue weighted by molar-refractivity contribution is 0.705. The topological polar surface area (TPSA) is 86.2 Å². The fraction of sp³-hybridized carbons (Fsp3) is 0.538. The summed E-state index contributed by atoms with van der Waals surface area (Å²) in [5, 5.41) is 4.23. The number of anilines is 1. The lowest BCUT2D eigenvalue weighted by atomic mass is 10.2. The van der Waals surface area contributed by atoms with Gasteiger partial charge < -0.3 is 4.57 Å². The third-order valence-corrected chi connectivity index (χ3v) is 3.43. The van der Waals surface area contributed by atoms with Crippen LogP contribution in [0.25, 0.3) is 11.2 Å². The molecule has 2 aromatic rings. The van der Waals surface area contributed by atoms with Gasteiger partial charge in [-0.2, -0.15) is 10.1 Å². The van der Waals surface area contributed by atoms with Crippen LogP contribution in [0.5, 0.6) is 0 Å². The van der Waals surface area contributed by atoms with Gasteiger partial charge in [0.15, 0.2) is 11.2 Å². The number of aryl methyl sites for hydroxylation is 2. The summed E-state index contributed by atoms with van der Waals surface area (Å²) in [4.78, 5) is 28.4. The summed E-state index contributed by atoms with van der Waals surface area (Å²) in [5.41, 5.74) is 3.75. The van der Waals surface area contributed by atoms with Gasteiger partial charge >= 0.3 is 5.69 Å². The second kappa shape index (κ2) is 5.55. The molecule has 0 atom stereocenters. The number of hydrogen-bond donors (Lipinski definition) is 1. The van der Waals surface area contributed by atoms with Crippen molar-refractivity contribution in [1.29, 1.82) is 0 Å². The van der Waals surface area contributed by atoms with Crippen LogP contribution in [0, 0.1) is 0 Å². The van der Waals surface area contributed by atoms with Crippen molar-refractivity contribution < 1.29 is 0 Å². The highest BCUT2D eigenvalue weighted by atomic mass is 16.2. The summed E-state index contributed by atoms with van der Waals surface area (Å²) >= 11 is 0. The fourth-order valence-corrected chi connectivity index (χ4v) is 2.18. The second-order valence-electron chi connectivity index (χ2n) is 5.08. The Morgan fingerprint density at radius 1 is 1.19 bits per heavy atom. The van der Waals surface area contributed by atoms with Crippen LogP contribution in [-0.2, 0) is 21.1 Å². The lowest BCUT2D eigenvalue weighted by Gasteiger charge is -2.03. The Morgan fingerprint density at radius 2 is 1.86 bits per heavy atom. The van der Waals surface area contributed by atoms with Crippen molar-refractivity contribution >= 4 is 22.8 Å². The summed E-state index contributed by atoms with van der Waals surface area (Å²) in [6.07, 6.45) is 1.89. The van der Waals surface area contributed by atoms with Crippen molar-refractivity contribution in [2.24, 2.45) is 26.2 Å². The van der Waals surface area contributed by atoms with Crippen molar-refractivity contribution in [3.8, 4) is 0 Å². The van der Waals surface area contributed by atoms with Gasteiger partial charge in [-0.05, 0) is 13.3 Å². The van der Waals surface area contributed by atoms with Crippen molar-refractivity contribution in [3.05, 3.63) is 20.8 Å². The molecular formula is C13H20N6O2. The number of hydrazone groups is 1. The molecule has 8 heteroatoms. The van der Waals surface area contributed by atoms with E-state index in [2.05, 4.69) is 22.4 Å². The van der Waals surface area contributed by atoms with Crippen LogP contribution < -0.4 is 16.7 Å². The minimum absolute atomic E-state index is 0.344. The Balaban J connectivity index is 2.60. The monoisotopic (exact) mass is 292 g/mol. The summed E-state index contributed by atoms with van der Waals surface area (Å²) in [6, 6.07) is 0. The van der Waals surface area contributed by atoms with E-state index in [0.717, 1.165) is 23.1 Å². The average Bonchev–Trinajstić information content (AvgIpc) is 2.78. The molecule has 0 aliphatic heterocycles. The third-order valence-electron chi connectivity index (χ3n) is 3.43. The molecule has 2 heterocycles. The van der Waals surface area contributed by atoms with Gasteiger partial charge in [0.25, 0.3) is 5.56 Å². The summed E-state index contributed by atoms with van der Waals surface area (Å²) in [5.74, 6) is 0.429. The van der Waals surface area contributed by atoms with E-state index in [-0.39, 0.29) is 5.56 Å². The van der Waals surface area contributed by atoms with Gasteiger partial charge in [0, 0.05) is 26.9 Å². The number of nitrogens with one attached hydrogen (secondary N) is 1. The highest BCUT2D eigenvalue weighted by Gasteiger charge is 2.16. The van der Waals surface area contributed by atoms with Gasteiger partial charge in [-0.3, -0.25) is 13.9 Å². The maximum Gasteiger partial charge on any atom is 0.332 e. The smallest absolute Gasteiger partial charge is 0.306 e. The molecule has 2 aromatic heterocycles. The molecule has 0 unspecified atom stereocenters. The van der Waals surface area contributed by atoms with Gasteiger partial charge in [-0.1, -0.05) is 13.3 Å². The van der Waals surface area contributed by atoms with E-state index in [9.17, 15) is 9.59 Å². The largest absolute Gasteiger partial charge is 0.332 e. The molecule has 0 aliphatic carbocycles. The van der Waals surface area contributed by atoms with Crippen LogP contribution in [0.15, 0.2) is 14.7 Å². The molecule has 21 heavy (non-hydrogen) atoms. The molecule has 0 saturated carbocycles. The van der Waals surface area contributed by atoms with E-state index in [1.54, 1.807) is 18.7 Å². The van der Waals surface area contributed by atoms with Gasteiger partial charge in [-0.15, -0.1) is 0 Å². The van der Waals surface area contributed by atoms with Gasteiger partial charge in [-0.25, -0.2) is 10.2 Å². The minimum Gasteiger partial charge on any atom is -0.306 e. The number of aromatic nitrogens is 4. The average molecular weight is 292 g/mol. The molecule has 0 saturated heterocycles. The Labute approximate surface area is 121 Å². The zero-order chi connectivity index (χ0) is 15.7. The third kappa shape index (κ3) is 2.48. The Hall–Kier alpha value is -2.38. The van der Waals surface area contributed by atoms with Crippen molar-refractivity contribution in [2.45, 2.75) is 26.7 Å². The molecule has 1 N–H and O–H groups in total. The van der Waals surface area contributed by atoms with Crippen LogP contribution in [0.3, 0.4) is 0 Å². The molecular weight excluding hydrogens is 272 g/mol. The molecule has 8 nitrogen and oxygen atoms in total. The number of imidazole rings is 1. The number of fused-ring (bicyclic) bond motifs is 1. The second-order valence-corrected chi connectivity index (χ2v) is 5.08. The lowest BCUT2D eigenvalue weighted by Crippen LogP contribution is -2.37. The fourth-order valence-electron chi connectivity index (χ4n) is 2.18. The Morgan fingerprint density at radius 3 is 2.48 bits per heavy atom. The molecule has 0 aliphatic rings. The molecule has 0 bridgehead atoms. The molecule has 0 aromatic carbocycles. The predicted octanol–water partition coefficient (Wildman–Crippen LogP) is 0.559. The van der Waals surface area contributed by atoms with E-state index in [0.29, 0.717) is 17.1 Å². The van der Waals surface area contributed by atoms with E-state index in [1.807, 2.05) is 6.92 Å². The maximum atomic E-state index is 12.2. The van der Waals surface area contributed by atoms with Gasteiger partial charge in [0.1, 0.15) is 0 Å². The zero-order valence-corrected chi connectivity index (χ0v) is 13.0. The zero-order valence-electron chi connectivity index (χ0n) is 13.0. The van der Waals surface area contributed by atoms with E-state index in [1.165, 1.54) is 11.6 Å². The predicted molar refractivity (Wildman–Crippen MR) is 82.8 cm³/mol. The highest BCUT2D eigenvalue weighted by Crippen LogP contribution is 2.13. The summed E-state index contributed by atoms with van der Waals surface area (Å²) < 4.78 is 4.03. The van der Waals surface area contributed by atoms with Crippen LogP contribution in [0.1, 0.15) is 26.7 Å². The van der Waals surface area contributed by atoms with Crippen molar-refractivity contribution in [1.82, 2.24) is 18.7 Å². The molecule has 2 rings (SSSR count). The highest BCUT2D eigenvalue weighted by molar-refractivity contribution is 5.82. The molecule has 114 valence electrons.